The van der Waals surface area contributed by atoms with Crippen molar-refractivity contribution in [3.8, 4) is 0 Å². The Morgan fingerprint density at radius 3 is 2.79 bits per heavy atom. The summed E-state index contributed by atoms with van der Waals surface area (Å²) in [4.78, 5) is 49.4. The number of fused-ring (bicyclic) bond motifs is 2. The predicted molar refractivity (Wildman–Crippen MR) is 107 cm³/mol. The summed E-state index contributed by atoms with van der Waals surface area (Å²) in [5.74, 6) is -0.698. The summed E-state index contributed by atoms with van der Waals surface area (Å²) >= 11 is 0. The Morgan fingerprint density at radius 1 is 1.14 bits per heavy atom. The summed E-state index contributed by atoms with van der Waals surface area (Å²) in [6.45, 7) is 0.711. The van der Waals surface area contributed by atoms with Crippen LogP contribution < -0.4 is 15.8 Å². The average molecular weight is 390 g/mol. The lowest BCUT2D eigenvalue weighted by molar-refractivity contribution is -0.107. The first-order valence-electron chi connectivity index (χ1n) is 9.26. The second-order valence-electron chi connectivity index (χ2n) is 6.81. The molecule has 0 spiro atoms. The highest BCUT2D eigenvalue weighted by atomic mass is 16.4. The molecule has 1 aromatic heterocycles. The van der Waals surface area contributed by atoms with Crippen LogP contribution in [-0.4, -0.2) is 31.2 Å². The summed E-state index contributed by atoms with van der Waals surface area (Å²) in [6.07, 6.45) is 1.59. The van der Waals surface area contributed by atoms with Gasteiger partial charge >= 0.3 is 5.63 Å². The molecule has 3 aromatic rings. The number of anilines is 1. The highest BCUT2D eigenvalue weighted by Crippen LogP contribution is 2.27. The molecule has 1 aliphatic rings. The number of Topliss-reactive ketones (excluding diaryl/α,β-unsaturated/α-hetero) is 1. The van der Waals surface area contributed by atoms with Gasteiger partial charge in [-0.2, -0.15) is 0 Å². The fourth-order valence-electron chi connectivity index (χ4n) is 3.46. The number of nitrogens with one attached hydrogen (secondary N) is 1. The lowest BCUT2D eigenvalue weighted by atomic mass is 10.0. The van der Waals surface area contributed by atoms with Gasteiger partial charge in [0.15, 0.2) is 5.78 Å². The van der Waals surface area contributed by atoms with Crippen LogP contribution in [0.3, 0.4) is 0 Å². The van der Waals surface area contributed by atoms with E-state index in [-0.39, 0.29) is 24.3 Å². The number of benzene rings is 2. The van der Waals surface area contributed by atoms with Crippen molar-refractivity contribution in [2.75, 3.05) is 18.0 Å². The van der Waals surface area contributed by atoms with Crippen LogP contribution in [0.4, 0.5) is 5.69 Å². The summed E-state index contributed by atoms with van der Waals surface area (Å²) in [7, 11) is 0. The van der Waals surface area contributed by atoms with Crippen molar-refractivity contribution >= 4 is 34.8 Å². The van der Waals surface area contributed by atoms with E-state index < -0.39 is 11.5 Å². The Hall–Kier alpha value is -3.74. The summed E-state index contributed by atoms with van der Waals surface area (Å²) in [5, 5.41) is 3.25. The number of ketones is 1. The van der Waals surface area contributed by atoms with E-state index in [1.54, 1.807) is 47.4 Å². The molecular formula is C22H18N2O5. The Bertz CT molecular complexity index is 1180. The highest BCUT2D eigenvalue weighted by Gasteiger charge is 2.20. The van der Waals surface area contributed by atoms with Gasteiger partial charge in [0.1, 0.15) is 11.1 Å². The van der Waals surface area contributed by atoms with Crippen molar-refractivity contribution in [3.05, 3.63) is 75.6 Å². The van der Waals surface area contributed by atoms with Crippen LogP contribution in [0.25, 0.3) is 11.0 Å². The van der Waals surface area contributed by atoms with Gasteiger partial charge in [-0.25, -0.2) is 4.79 Å². The number of amides is 2. The Balaban J connectivity index is 1.40. The standard InChI is InChI=1S/C22H18N2O5/c25-13-24-10-8-14-11-15(5-6-18(14)24)19(26)7-9-23-21(27)17-12-16-3-1-2-4-20(16)29-22(17)28/h1-6,11-13H,7-10H2,(H,23,27). The molecule has 0 saturated heterocycles. The lowest BCUT2D eigenvalue weighted by Crippen LogP contribution is -2.30. The molecule has 4 rings (SSSR count). The van der Waals surface area contributed by atoms with Gasteiger partial charge in [-0.1, -0.05) is 18.2 Å². The molecule has 7 nitrogen and oxygen atoms in total. The number of carbonyl (C=O) groups is 3. The molecule has 1 aliphatic heterocycles. The number of carbonyl (C=O) groups excluding carboxylic acids is 3. The van der Waals surface area contributed by atoms with Crippen molar-refractivity contribution in [3.63, 3.8) is 0 Å². The van der Waals surface area contributed by atoms with E-state index in [1.807, 2.05) is 0 Å². The molecule has 1 N–H and O–H groups in total. The molecule has 7 heteroatoms. The molecule has 2 amide bonds. The molecule has 0 unspecified atom stereocenters. The fourth-order valence-corrected chi connectivity index (χ4v) is 3.46. The lowest BCUT2D eigenvalue weighted by Gasteiger charge is -2.10. The molecule has 0 radical (unpaired) electrons. The van der Waals surface area contributed by atoms with Gasteiger partial charge in [-0.05, 0) is 42.3 Å². The number of nitrogens with zero attached hydrogens (tertiary/aromatic N) is 1. The number of para-hydroxylation sites is 1. The van der Waals surface area contributed by atoms with E-state index in [2.05, 4.69) is 5.32 Å². The van der Waals surface area contributed by atoms with Crippen LogP contribution in [0.5, 0.6) is 0 Å². The van der Waals surface area contributed by atoms with Gasteiger partial charge < -0.3 is 14.6 Å². The third kappa shape index (κ3) is 3.67. The smallest absolute Gasteiger partial charge is 0.349 e. The molecule has 0 atom stereocenters. The predicted octanol–water partition coefficient (Wildman–Crippen LogP) is 2.31. The molecule has 0 fully saturated rings. The van der Waals surface area contributed by atoms with Crippen molar-refractivity contribution in [1.29, 1.82) is 0 Å². The normalized spacial score (nSPS) is 12.6. The monoisotopic (exact) mass is 390 g/mol. The van der Waals surface area contributed by atoms with Crippen molar-refractivity contribution in [1.82, 2.24) is 5.32 Å². The Labute approximate surface area is 165 Å². The first kappa shape index (κ1) is 18.6. The number of hydrogen-bond donors (Lipinski definition) is 1. The SMILES string of the molecule is O=CN1CCc2cc(C(=O)CCNC(=O)c3cc4ccccc4oc3=O)ccc21. The van der Waals surface area contributed by atoms with Crippen LogP contribution in [0.1, 0.15) is 32.7 Å². The zero-order valence-electron chi connectivity index (χ0n) is 15.5. The van der Waals surface area contributed by atoms with Crippen LogP contribution in [0.2, 0.25) is 0 Å². The van der Waals surface area contributed by atoms with E-state index in [9.17, 15) is 19.2 Å². The zero-order valence-corrected chi connectivity index (χ0v) is 15.5. The van der Waals surface area contributed by atoms with E-state index in [0.717, 1.165) is 17.7 Å². The number of hydrogen-bond acceptors (Lipinski definition) is 5. The Kier molecular flexibility index (Phi) is 4.95. The first-order valence-corrected chi connectivity index (χ1v) is 9.26. The topological polar surface area (TPSA) is 96.7 Å². The molecule has 146 valence electrons. The van der Waals surface area contributed by atoms with E-state index in [1.165, 1.54) is 6.07 Å². The Morgan fingerprint density at radius 2 is 1.97 bits per heavy atom. The van der Waals surface area contributed by atoms with Crippen molar-refractivity contribution < 1.29 is 18.8 Å². The molecule has 29 heavy (non-hydrogen) atoms. The zero-order chi connectivity index (χ0) is 20.4. The average Bonchev–Trinajstić information content (AvgIpc) is 3.15. The minimum atomic E-state index is -0.717. The van der Waals surface area contributed by atoms with Gasteiger partial charge in [0.2, 0.25) is 6.41 Å². The quantitative estimate of drug-likeness (QED) is 0.396. The minimum Gasteiger partial charge on any atom is -0.422 e. The molecule has 0 bridgehead atoms. The summed E-state index contributed by atoms with van der Waals surface area (Å²) in [6, 6.07) is 13.7. The summed E-state index contributed by atoms with van der Waals surface area (Å²) in [5.41, 5.74) is 1.92. The summed E-state index contributed by atoms with van der Waals surface area (Å²) < 4.78 is 5.16. The van der Waals surface area contributed by atoms with Gasteiger partial charge in [-0.3, -0.25) is 14.4 Å². The van der Waals surface area contributed by atoms with Gasteiger partial charge in [0, 0.05) is 36.1 Å². The minimum absolute atomic E-state index is 0.0948. The van der Waals surface area contributed by atoms with Crippen LogP contribution in [-0.2, 0) is 11.2 Å². The van der Waals surface area contributed by atoms with Crippen molar-refractivity contribution in [2.24, 2.45) is 0 Å². The first-order chi connectivity index (χ1) is 14.1. The van der Waals surface area contributed by atoms with Gasteiger partial charge in [-0.15, -0.1) is 0 Å². The van der Waals surface area contributed by atoms with E-state index in [4.69, 9.17) is 4.42 Å². The molecule has 2 heterocycles. The molecular weight excluding hydrogens is 372 g/mol. The maximum absolute atomic E-state index is 12.4. The molecule has 0 aliphatic carbocycles. The third-order valence-electron chi connectivity index (χ3n) is 4.98. The van der Waals surface area contributed by atoms with E-state index in [0.29, 0.717) is 29.5 Å². The van der Waals surface area contributed by atoms with Crippen LogP contribution in [0.15, 0.2) is 57.7 Å². The fraction of sp³-hybridized carbons (Fsp3) is 0.182. The largest absolute Gasteiger partial charge is 0.422 e. The van der Waals surface area contributed by atoms with E-state index >= 15 is 0 Å². The van der Waals surface area contributed by atoms with Crippen molar-refractivity contribution in [2.45, 2.75) is 12.8 Å². The molecule has 2 aromatic carbocycles. The second-order valence-corrected chi connectivity index (χ2v) is 6.81. The van der Waals surface area contributed by atoms with Gasteiger partial charge in [0.05, 0.1) is 0 Å². The molecule has 0 saturated carbocycles. The van der Waals surface area contributed by atoms with Gasteiger partial charge in [0.25, 0.3) is 5.91 Å². The maximum atomic E-state index is 12.4. The third-order valence-corrected chi connectivity index (χ3v) is 4.98. The highest BCUT2D eigenvalue weighted by molar-refractivity contribution is 5.99. The number of rotatable bonds is 6. The second kappa shape index (κ2) is 7.71. The van der Waals surface area contributed by atoms with Crippen LogP contribution >= 0.6 is 0 Å². The maximum Gasteiger partial charge on any atom is 0.349 e. The van der Waals surface area contributed by atoms with Crippen LogP contribution in [0, 0.1) is 0 Å².